The zero-order chi connectivity index (χ0) is 17.1. The molecule has 3 rings (SSSR count). The fourth-order valence-electron chi connectivity index (χ4n) is 2.55. The number of hydrogen-bond acceptors (Lipinski definition) is 4. The normalized spacial score (nSPS) is 11.5. The molecule has 2 aromatic carbocycles. The van der Waals surface area contributed by atoms with Crippen molar-refractivity contribution in [2.75, 3.05) is 5.32 Å². The molecule has 5 heteroatoms. The minimum absolute atomic E-state index is 0.0468. The average Bonchev–Trinajstić information content (AvgIpc) is 2.62. The van der Waals surface area contributed by atoms with E-state index in [1.807, 2.05) is 25.1 Å². The molecule has 0 saturated carbocycles. The number of rotatable bonds is 3. The number of fused-ring (bicyclic) bond motifs is 1. The van der Waals surface area contributed by atoms with Gasteiger partial charge >= 0.3 is 0 Å². The number of halogens is 1. The molecular weight excluding hydrogens is 320 g/mol. The van der Waals surface area contributed by atoms with Crippen LogP contribution in [0.5, 0.6) is 0 Å². The first-order chi connectivity index (χ1) is 11.6. The van der Waals surface area contributed by atoms with Gasteiger partial charge in [0, 0.05) is 22.6 Å². The maximum absolute atomic E-state index is 9.40. The fraction of sp³-hybridized carbons (Fsp3) is 0.105. The summed E-state index contributed by atoms with van der Waals surface area (Å²) in [5, 5.41) is 23.1. The van der Waals surface area contributed by atoms with Crippen molar-refractivity contribution in [2.45, 2.75) is 13.0 Å². The van der Waals surface area contributed by atoms with E-state index in [2.05, 4.69) is 22.4 Å². The van der Waals surface area contributed by atoms with Crippen LogP contribution in [-0.4, -0.2) is 4.98 Å². The van der Waals surface area contributed by atoms with Crippen molar-refractivity contribution < 1.29 is 0 Å². The van der Waals surface area contributed by atoms with Crippen molar-refractivity contribution in [1.29, 1.82) is 10.5 Å². The minimum Gasteiger partial charge on any atom is -0.377 e. The van der Waals surface area contributed by atoms with Crippen molar-refractivity contribution in [3.05, 3.63) is 70.4 Å². The van der Waals surface area contributed by atoms with Crippen LogP contribution in [-0.2, 0) is 0 Å². The average molecular weight is 333 g/mol. The van der Waals surface area contributed by atoms with E-state index in [1.54, 1.807) is 30.5 Å². The molecule has 0 aliphatic carbocycles. The van der Waals surface area contributed by atoms with Gasteiger partial charge in [-0.2, -0.15) is 10.5 Å². The molecule has 0 aliphatic rings. The lowest BCUT2D eigenvalue weighted by Gasteiger charge is -2.18. The Kier molecular flexibility index (Phi) is 4.33. The van der Waals surface area contributed by atoms with Crippen LogP contribution in [0.2, 0.25) is 5.02 Å². The highest BCUT2D eigenvalue weighted by Crippen LogP contribution is 2.31. The van der Waals surface area contributed by atoms with E-state index in [1.165, 1.54) is 0 Å². The molecule has 0 saturated heterocycles. The summed E-state index contributed by atoms with van der Waals surface area (Å²) < 4.78 is 0. The quantitative estimate of drug-likeness (QED) is 0.747. The number of anilines is 1. The molecule has 1 heterocycles. The number of hydrogen-bond donors (Lipinski definition) is 1. The van der Waals surface area contributed by atoms with Crippen LogP contribution >= 0.6 is 11.6 Å². The molecular formula is C19H13ClN4. The number of benzene rings is 2. The Labute approximate surface area is 144 Å². The second kappa shape index (κ2) is 6.58. The lowest BCUT2D eigenvalue weighted by Crippen LogP contribution is -2.08. The topological polar surface area (TPSA) is 72.5 Å². The third-order valence-corrected chi connectivity index (χ3v) is 4.09. The van der Waals surface area contributed by atoms with Gasteiger partial charge in [-0.25, -0.2) is 0 Å². The molecule has 116 valence electrons. The van der Waals surface area contributed by atoms with E-state index in [0.29, 0.717) is 21.8 Å². The number of nitriles is 2. The molecule has 0 amide bonds. The van der Waals surface area contributed by atoms with Crippen LogP contribution in [0, 0.1) is 22.7 Å². The first-order valence-corrected chi connectivity index (χ1v) is 7.75. The molecule has 4 nitrogen and oxygen atoms in total. The fourth-order valence-corrected chi connectivity index (χ4v) is 2.72. The van der Waals surface area contributed by atoms with E-state index in [-0.39, 0.29) is 6.04 Å². The molecule has 0 radical (unpaired) electrons. The van der Waals surface area contributed by atoms with E-state index < -0.39 is 0 Å². The van der Waals surface area contributed by atoms with Crippen LogP contribution in [0.1, 0.15) is 29.7 Å². The van der Waals surface area contributed by atoms with Crippen molar-refractivity contribution in [1.82, 2.24) is 4.98 Å². The van der Waals surface area contributed by atoms with E-state index in [4.69, 9.17) is 16.9 Å². The zero-order valence-corrected chi connectivity index (χ0v) is 13.7. The molecule has 0 spiro atoms. The molecule has 24 heavy (non-hydrogen) atoms. The summed E-state index contributed by atoms with van der Waals surface area (Å²) in [6, 6.07) is 17.0. The van der Waals surface area contributed by atoms with Gasteiger partial charge in [-0.3, -0.25) is 4.98 Å². The summed E-state index contributed by atoms with van der Waals surface area (Å²) in [7, 11) is 0. The van der Waals surface area contributed by atoms with Crippen molar-refractivity contribution in [2.24, 2.45) is 0 Å². The molecule has 1 aromatic heterocycles. The third-order valence-electron chi connectivity index (χ3n) is 3.85. The van der Waals surface area contributed by atoms with Crippen LogP contribution in [0.3, 0.4) is 0 Å². The second-order valence-electron chi connectivity index (χ2n) is 5.42. The van der Waals surface area contributed by atoms with Gasteiger partial charge in [0.1, 0.15) is 6.07 Å². The lowest BCUT2D eigenvalue weighted by atomic mass is 10.0. The summed E-state index contributed by atoms with van der Waals surface area (Å²) in [4.78, 5) is 4.30. The Balaban J connectivity index is 2.03. The first kappa shape index (κ1) is 15.8. The minimum atomic E-state index is -0.0468. The van der Waals surface area contributed by atoms with Crippen LogP contribution in [0.4, 0.5) is 5.69 Å². The van der Waals surface area contributed by atoms with Crippen LogP contribution in [0.25, 0.3) is 10.9 Å². The number of nitrogens with one attached hydrogen (secondary N) is 1. The number of aromatic nitrogens is 1. The van der Waals surface area contributed by atoms with Gasteiger partial charge in [-0.1, -0.05) is 23.7 Å². The standard InChI is InChI=1S/C19H13ClN4/c1-12(14-4-2-13(9-21)3-5-14)24-19-15(10-22)11-23-18-7-6-16(20)8-17(18)19/h2-8,11-12H,1H3,(H,23,24). The van der Waals surface area contributed by atoms with Gasteiger partial charge in [-0.15, -0.1) is 0 Å². The Hall–Kier alpha value is -3.08. The highest BCUT2D eigenvalue weighted by molar-refractivity contribution is 6.31. The summed E-state index contributed by atoms with van der Waals surface area (Å²) in [6.07, 6.45) is 1.56. The van der Waals surface area contributed by atoms with Gasteiger partial charge in [0.25, 0.3) is 0 Å². The summed E-state index contributed by atoms with van der Waals surface area (Å²) >= 11 is 6.10. The zero-order valence-electron chi connectivity index (χ0n) is 12.9. The molecule has 1 atom stereocenters. The molecule has 0 fully saturated rings. The highest BCUT2D eigenvalue weighted by Gasteiger charge is 2.13. The van der Waals surface area contributed by atoms with E-state index >= 15 is 0 Å². The number of pyridine rings is 1. The predicted molar refractivity (Wildman–Crippen MR) is 94.7 cm³/mol. The van der Waals surface area contributed by atoms with Crippen molar-refractivity contribution in [3.63, 3.8) is 0 Å². The monoisotopic (exact) mass is 332 g/mol. The third kappa shape index (κ3) is 3.01. The predicted octanol–water partition coefficient (Wildman–Crippen LogP) is 4.80. The van der Waals surface area contributed by atoms with Crippen molar-refractivity contribution in [3.8, 4) is 12.1 Å². The second-order valence-corrected chi connectivity index (χ2v) is 5.86. The summed E-state index contributed by atoms with van der Waals surface area (Å²) in [5.41, 5.74) is 3.58. The van der Waals surface area contributed by atoms with Gasteiger partial charge in [0.15, 0.2) is 0 Å². The molecule has 0 aliphatic heterocycles. The Morgan fingerprint density at radius 3 is 2.50 bits per heavy atom. The summed E-state index contributed by atoms with van der Waals surface area (Å²) in [6.45, 7) is 2.00. The maximum atomic E-state index is 9.40. The first-order valence-electron chi connectivity index (χ1n) is 7.37. The van der Waals surface area contributed by atoms with Crippen LogP contribution in [0.15, 0.2) is 48.7 Å². The molecule has 1 unspecified atom stereocenters. The van der Waals surface area contributed by atoms with Gasteiger partial charge in [0.05, 0.1) is 28.4 Å². The maximum Gasteiger partial charge on any atom is 0.103 e. The Morgan fingerprint density at radius 2 is 1.83 bits per heavy atom. The van der Waals surface area contributed by atoms with E-state index in [9.17, 15) is 5.26 Å². The van der Waals surface area contributed by atoms with Crippen LogP contribution < -0.4 is 5.32 Å². The smallest absolute Gasteiger partial charge is 0.103 e. The van der Waals surface area contributed by atoms with Gasteiger partial charge in [0.2, 0.25) is 0 Å². The molecule has 1 N–H and O–H groups in total. The molecule has 0 bridgehead atoms. The van der Waals surface area contributed by atoms with Crippen molar-refractivity contribution >= 4 is 28.2 Å². The highest BCUT2D eigenvalue weighted by atomic mass is 35.5. The van der Waals surface area contributed by atoms with Gasteiger partial charge in [-0.05, 0) is 42.8 Å². The lowest BCUT2D eigenvalue weighted by molar-refractivity contribution is 0.885. The Bertz CT molecular complexity index is 981. The molecule has 3 aromatic rings. The Morgan fingerprint density at radius 1 is 1.08 bits per heavy atom. The SMILES string of the molecule is CC(Nc1c(C#N)cnc2ccc(Cl)cc12)c1ccc(C#N)cc1. The largest absolute Gasteiger partial charge is 0.377 e. The van der Waals surface area contributed by atoms with Gasteiger partial charge < -0.3 is 5.32 Å². The number of nitrogens with zero attached hydrogens (tertiary/aromatic N) is 3. The summed E-state index contributed by atoms with van der Waals surface area (Å²) in [5.74, 6) is 0. The van der Waals surface area contributed by atoms with E-state index in [0.717, 1.165) is 16.5 Å².